The summed E-state index contributed by atoms with van der Waals surface area (Å²) >= 11 is 1.74. The summed E-state index contributed by atoms with van der Waals surface area (Å²) < 4.78 is 40.3. The lowest BCUT2D eigenvalue weighted by Gasteiger charge is -2.14. The highest BCUT2D eigenvalue weighted by Crippen LogP contribution is 2.31. The lowest BCUT2D eigenvalue weighted by atomic mass is 10.2. The van der Waals surface area contributed by atoms with Crippen molar-refractivity contribution in [2.75, 3.05) is 0 Å². The van der Waals surface area contributed by atoms with Crippen molar-refractivity contribution in [2.24, 2.45) is 0 Å². The van der Waals surface area contributed by atoms with Gasteiger partial charge in [0.25, 0.3) is 0 Å². The summed E-state index contributed by atoms with van der Waals surface area (Å²) in [5.74, 6) is -0.371. The lowest BCUT2D eigenvalue weighted by Crippen LogP contribution is -2.19. The average Bonchev–Trinajstić information content (AvgIpc) is 2.10. The molecule has 0 saturated heterocycles. The van der Waals surface area contributed by atoms with E-state index in [1.807, 2.05) is 0 Å². The van der Waals surface area contributed by atoms with E-state index in [2.05, 4.69) is 9.72 Å². The second kappa shape index (κ2) is 4.52. The fourth-order valence-corrected chi connectivity index (χ4v) is 1.57. The Labute approximate surface area is 97.4 Å². The molecule has 15 heavy (non-hydrogen) atoms. The first-order chi connectivity index (χ1) is 6.85. The number of aliphatic hydroxyl groups excluding tert-OH is 1. The highest BCUT2D eigenvalue weighted by molar-refractivity contribution is 14.1. The van der Waals surface area contributed by atoms with Gasteiger partial charge in [0.2, 0.25) is 0 Å². The Balaban J connectivity index is 3.20. The number of nitrogens with zero attached hydrogens (tertiary/aromatic N) is 1. The van der Waals surface area contributed by atoms with Gasteiger partial charge in [-0.25, -0.2) is 4.98 Å². The molecule has 1 aromatic heterocycles. The Kier molecular flexibility index (Phi) is 3.77. The molecular weight excluding hydrogens is 326 g/mol. The van der Waals surface area contributed by atoms with E-state index >= 15 is 0 Å². The van der Waals surface area contributed by atoms with Crippen LogP contribution in [-0.2, 0) is 6.61 Å². The first kappa shape index (κ1) is 12.5. The number of hydrogen-bond acceptors (Lipinski definition) is 3. The van der Waals surface area contributed by atoms with Gasteiger partial charge in [0.1, 0.15) is 9.45 Å². The molecule has 0 amide bonds. The summed E-state index contributed by atoms with van der Waals surface area (Å²) in [4.78, 5) is 3.82. The predicted molar refractivity (Wildman–Crippen MR) is 54.3 cm³/mol. The molecule has 0 spiro atoms. The van der Waals surface area contributed by atoms with Gasteiger partial charge in [-0.2, -0.15) is 0 Å². The summed E-state index contributed by atoms with van der Waals surface area (Å²) in [5, 5.41) is 8.93. The minimum absolute atomic E-state index is 0.0490. The van der Waals surface area contributed by atoms with Crippen LogP contribution in [0, 0.1) is 10.6 Å². The first-order valence-corrected chi connectivity index (χ1v) is 4.93. The van der Waals surface area contributed by atoms with E-state index in [0.29, 0.717) is 3.70 Å². The third-order valence-electron chi connectivity index (χ3n) is 1.63. The Morgan fingerprint density at radius 2 is 2.13 bits per heavy atom. The Morgan fingerprint density at radius 1 is 1.53 bits per heavy atom. The van der Waals surface area contributed by atoms with Gasteiger partial charge in [-0.1, -0.05) is 0 Å². The third kappa shape index (κ3) is 3.20. The van der Waals surface area contributed by atoms with Gasteiger partial charge >= 0.3 is 6.36 Å². The average molecular weight is 333 g/mol. The van der Waals surface area contributed by atoms with E-state index in [4.69, 9.17) is 5.11 Å². The molecule has 0 radical (unpaired) electrons. The van der Waals surface area contributed by atoms with Crippen LogP contribution in [0.5, 0.6) is 5.75 Å². The molecule has 0 fully saturated rings. The van der Waals surface area contributed by atoms with E-state index in [1.54, 1.807) is 22.6 Å². The number of aromatic nitrogens is 1. The number of rotatable bonds is 2. The summed E-state index contributed by atoms with van der Waals surface area (Å²) in [5.41, 5.74) is 0.282. The van der Waals surface area contributed by atoms with Crippen molar-refractivity contribution < 1.29 is 23.0 Å². The molecule has 84 valence electrons. The predicted octanol–water partition coefficient (Wildman–Crippen LogP) is 2.39. The van der Waals surface area contributed by atoms with Crippen molar-refractivity contribution in [1.82, 2.24) is 4.98 Å². The lowest BCUT2D eigenvalue weighted by molar-refractivity contribution is -0.275. The number of alkyl halides is 3. The summed E-state index contributed by atoms with van der Waals surface area (Å²) in [7, 11) is 0. The van der Waals surface area contributed by atoms with E-state index in [9.17, 15) is 13.2 Å². The Hall–Kier alpha value is -0.570. The number of aliphatic hydroxyl groups is 1. The number of ether oxygens (including phenoxy) is 1. The smallest absolute Gasteiger partial charge is 0.405 e. The highest BCUT2D eigenvalue weighted by atomic mass is 127. The largest absolute Gasteiger partial charge is 0.573 e. The van der Waals surface area contributed by atoms with Gasteiger partial charge in [-0.05, 0) is 29.5 Å². The fraction of sp³-hybridized carbons (Fsp3) is 0.375. The van der Waals surface area contributed by atoms with Crippen LogP contribution in [0.1, 0.15) is 11.1 Å². The van der Waals surface area contributed by atoms with Crippen molar-refractivity contribution in [1.29, 1.82) is 0 Å². The zero-order valence-electron chi connectivity index (χ0n) is 7.60. The van der Waals surface area contributed by atoms with Crippen molar-refractivity contribution in [3.63, 3.8) is 0 Å². The molecule has 0 aliphatic carbocycles. The molecule has 1 N–H and O–H groups in total. The van der Waals surface area contributed by atoms with Crippen LogP contribution in [0.2, 0.25) is 0 Å². The Bertz CT molecular complexity index is 368. The molecule has 3 nitrogen and oxygen atoms in total. The van der Waals surface area contributed by atoms with Crippen molar-refractivity contribution in [3.8, 4) is 5.75 Å². The van der Waals surface area contributed by atoms with E-state index in [-0.39, 0.29) is 16.9 Å². The number of halogens is 4. The van der Waals surface area contributed by atoms with Crippen molar-refractivity contribution in [2.45, 2.75) is 19.9 Å². The van der Waals surface area contributed by atoms with Gasteiger partial charge < -0.3 is 9.84 Å². The topological polar surface area (TPSA) is 42.4 Å². The number of pyridine rings is 1. The molecule has 1 aromatic rings. The minimum atomic E-state index is -4.76. The van der Waals surface area contributed by atoms with Crippen molar-refractivity contribution >= 4 is 22.6 Å². The van der Waals surface area contributed by atoms with Gasteiger partial charge in [-0.15, -0.1) is 13.2 Å². The van der Waals surface area contributed by atoms with Crippen LogP contribution in [-0.4, -0.2) is 16.5 Å². The van der Waals surface area contributed by atoms with Gasteiger partial charge in [0.05, 0.1) is 12.2 Å². The molecule has 1 heterocycles. The minimum Gasteiger partial charge on any atom is -0.405 e. The SMILES string of the molecule is Cc1cnc(I)c(CO)c1OC(F)(F)F. The van der Waals surface area contributed by atoms with Crippen LogP contribution in [0.4, 0.5) is 13.2 Å². The quantitative estimate of drug-likeness (QED) is 0.668. The Morgan fingerprint density at radius 3 is 2.60 bits per heavy atom. The van der Waals surface area contributed by atoms with Gasteiger partial charge in [-0.3, -0.25) is 0 Å². The van der Waals surface area contributed by atoms with Crippen LogP contribution in [0.3, 0.4) is 0 Å². The molecule has 1 rings (SSSR count). The molecule has 0 bridgehead atoms. The first-order valence-electron chi connectivity index (χ1n) is 3.85. The molecule has 0 aliphatic rings. The van der Waals surface area contributed by atoms with Gasteiger partial charge in [0, 0.05) is 11.8 Å². The van der Waals surface area contributed by atoms with Crippen LogP contribution in [0.15, 0.2) is 6.20 Å². The molecule has 0 atom stereocenters. The van der Waals surface area contributed by atoms with Crippen LogP contribution in [0.25, 0.3) is 0 Å². The number of hydrogen-bond donors (Lipinski definition) is 1. The van der Waals surface area contributed by atoms with E-state index in [1.165, 1.54) is 13.1 Å². The highest BCUT2D eigenvalue weighted by Gasteiger charge is 2.33. The van der Waals surface area contributed by atoms with Gasteiger partial charge in [0.15, 0.2) is 0 Å². The van der Waals surface area contributed by atoms with Crippen LogP contribution < -0.4 is 4.74 Å². The second-order valence-electron chi connectivity index (χ2n) is 2.75. The number of aryl methyl sites for hydroxylation is 1. The molecular formula is C8H7F3INO2. The summed E-state index contributed by atoms with van der Waals surface area (Å²) in [6, 6.07) is 0. The standard InChI is InChI=1S/C8H7F3INO2/c1-4-2-13-7(12)5(3-14)6(4)15-8(9,10)11/h2,14H,3H2,1H3. The zero-order valence-corrected chi connectivity index (χ0v) is 9.76. The molecule has 0 aromatic carbocycles. The summed E-state index contributed by atoms with van der Waals surface area (Å²) in [6.45, 7) is 0.891. The maximum Gasteiger partial charge on any atom is 0.573 e. The third-order valence-corrected chi connectivity index (χ3v) is 2.56. The maximum atomic E-state index is 12.0. The zero-order chi connectivity index (χ0) is 11.6. The molecule has 0 unspecified atom stereocenters. The summed E-state index contributed by atoms with van der Waals surface area (Å²) in [6.07, 6.45) is -3.50. The fourth-order valence-electron chi connectivity index (χ4n) is 1.02. The monoisotopic (exact) mass is 333 g/mol. The van der Waals surface area contributed by atoms with Crippen LogP contribution >= 0.6 is 22.6 Å². The van der Waals surface area contributed by atoms with E-state index in [0.717, 1.165) is 0 Å². The molecule has 0 saturated carbocycles. The van der Waals surface area contributed by atoms with Crippen molar-refractivity contribution in [3.05, 3.63) is 21.0 Å². The molecule has 0 aliphatic heterocycles. The normalized spacial score (nSPS) is 11.6. The van der Waals surface area contributed by atoms with E-state index < -0.39 is 13.0 Å². The maximum absolute atomic E-state index is 12.0. The second-order valence-corrected chi connectivity index (χ2v) is 3.77. The molecule has 7 heteroatoms.